The number of ether oxygens (including phenoxy) is 1. The zero-order valence-electron chi connectivity index (χ0n) is 18.1. The number of benzene rings is 1. The molecule has 2 atom stereocenters. The van der Waals surface area contributed by atoms with Gasteiger partial charge in [-0.05, 0) is 50.7 Å². The zero-order chi connectivity index (χ0) is 20.9. The summed E-state index contributed by atoms with van der Waals surface area (Å²) in [5, 5.41) is 3.18. The number of aryl methyl sites for hydroxylation is 1. The highest BCUT2D eigenvalue weighted by molar-refractivity contribution is 5.94. The SMILES string of the molecule is Cc1cccc(C(=O)N2CCN([C@@H](C(=O)NC[C@H]3CCCO3)C3CCCC3)CC2)c1. The highest BCUT2D eigenvalue weighted by Gasteiger charge is 2.37. The molecule has 1 aromatic carbocycles. The van der Waals surface area contributed by atoms with E-state index >= 15 is 0 Å². The Labute approximate surface area is 179 Å². The standard InChI is InChI=1S/C24H35N3O3/c1-18-6-4-9-20(16-18)24(29)27-13-11-26(12-14-27)22(19-7-2-3-8-19)23(28)25-17-21-10-5-15-30-21/h4,6,9,16,19,21-22H,2-3,5,7-8,10-15,17H2,1H3,(H,25,28)/t21-,22-/m1/s1. The average molecular weight is 414 g/mol. The summed E-state index contributed by atoms with van der Waals surface area (Å²) in [5.41, 5.74) is 1.86. The van der Waals surface area contributed by atoms with Crippen LogP contribution in [-0.2, 0) is 9.53 Å². The molecule has 1 N–H and O–H groups in total. The third-order valence-electron chi connectivity index (χ3n) is 6.90. The second-order valence-electron chi connectivity index (χ2n) is 9.07. The molecule has 2 amide bonds. The van der Waals surface area contributed by atoms with Gasteiger partial charge in [-0.3, -0.25) is 14.5 Å². The van der Waals surface area contributed by atoms with Crippen molar-refractivity contribution in [2.45, 2.75) is 57.6 Å². The van der Waals surface area contributed by atoms with Crippen molar-refractivity contribution >= 4 is 11.8 Å². The molecule has 0 aromatic heterocycles. The van der Waals surface area contributed by atoms with E-state index < -0.39 is 0 Å². The summed E-state index contributed by atoms with van der Waals surface area (Å²) in [4.78, 5) is 30.3. The minimum Gasteiger partial charge on any atom is -0.376 e. The fourth-order valence-corrected chi connectivity index (χ4v) is 5.24. The Bertz CT molecular complexity index is 733. The van der Waals surface area contributed by atoms with Crippen LogP contribution in [0.25, 0.3) is 0 Å². The largest absolute Gasteiger partial charge is 0.376 e. The van der Waals surface area contributed by atoms with Gasteiger partial charge in [0.15, 0.2) is 0 Å². The van der Waals surface area contributed by atoms with Crippen molar-refractivity contribution in [3.63, 3.8) is 0 Å². The van der Waals surface area contributed by atoms with Gasteiger partial charge in [-0.15, -0.1) is 0 Å². The quantitative estimate of drug-likeness (QED) is 0.779. The second kappa shape index (κ2) is 9.92. The zero-order valence-corrected chi connectivity index (χ0v) is 18.1. The summed E-state index contributed by atoms with van der Waals surface area (Å²) in [6.45, 7) is 6.30. The number of nitrogens with one attached hydrogen (secondary N) is 1. The van der Waals surface area contributed by atoms with Gasteiger partial charge in [0.25, 0.3) is 5.91 Å². The number of amides is 2. The predicted octanol–water partition coefficient (Wildman–Crippen LogP) is 2.61. The summed E-state index contributed by atoms with van der Waals surface area (Å²) < 4.78 is 5.67. The molecule has 2 saturated heterocycles. The van der Waals surface area contributed by atoms with Crippen molar-refractivity contribution in [2.24, 2.45) is 5.92 Å². The van der Waals surface area contributed by atoms with Crippen LogP contribution in [0.15, 0.2) is 24.3 Å². The van der Waals surface area contributed by atoms with Crippen molar-refractivity contribution < 1.29 is 14.3 Å². The van der Waals surface area contributed by atoms with Crippen molar-refractivity contribution in [1.82, 2.24) is 15.1 Å². The molecule has 2 heterocycles. The van der Waals surface area contributed by atoms with E-state index in [2.05, 4.69) is 10.2 Å². The monoisotopic (exact) mass is 413 g/mol. The van der Waals surface area contributed by atoms with E-state index in [9.17, 15) is 9.59 Å². The maximum absolute atomic E-state index is 13.2. The van der Waals surface area contributed by atoms with Gasteiger partial charge in [0, 0.05) is 44.9 Å². The van der Waals surface area contributed by atoms with Crippen LogP contribution < -0.4 is 5.32 Å². The van der Waals surface area contributed by atoms with E-state index in [4.69, 9.17) is 4.74 Å². The Morgan fingerprint density at radius 3 is 2.53 bits per heavy atom. The van der Waals surface area contributed by atoms with Crippen molar-refractivity contribution in [2.75, 3.05) is 39.3 Å². The summed E-state index contributed by atoms with van der Waals surface area (Å²) in [7, 11) is 0. The molecule has 2 aliphatic heterocycles. The highest BCUT2D eigenvalue weighted by Crippen LogP contribution is 2.31. The second-order valence-corrected chi connectivity index (χ2v) is 9.07. The van der Waals surface area contributed by atoms with E-state index in [1.54, 1.807) is 0 Å². The van der Waals surface area contributed by atoms with E-state index in [0.717, 1.165) is 56.5 Å². The summed E-state index contributed by atoms with van der Waals surface area (Å²) in [6, 6.07) is 7.71. The van der Waals surface area contributed by atoms with Gasteiger partial charge in [0.2, 0.25) is 5.91 Å². The lowest BCUT2D eigenvalue weighted by Gasteiger charge is -2.41. The van der Waals surface area contributed by atoms with E-state index in [0.29, 0.717) is 25.6 Å². The molecule has 6 heteroatoms. The van der Waals surface area contributed by atoms with Crippen LogP contribution in [0.5, 0.6) is 0 Å². The Hall–Kier alpha value is -1.92. The van der Waals surface area contributed by atoms with Gasteiger partial charge < -0.3 is 15.0 Å². The van der Waals surface area contributed by atoms with Crippen LogP contribution >= 0.6 is 0 Å². The molecule has 0 radical (unpaired) electrons. The first-order valence-corrected chi connectivity index (χ1v) is 11.6. The Balaban J connectivity index is 1.36. The molecule has 1 aliphatic carbocycles. The average Bonchev–Trinajstić information content (AvgIpc) is 3.47. The van der Waals surface area contributed by atoms with Crippen LogP contribution in [0.3, 0.4) is 0 Å². The normalized spacial score (nSPS) is 24.2. The molecule has 0 bridgehead atoms. The summed E-state index contributed by atoms with van der Waals surface area (Å²) >= 11 is 0. The summed E-state index contributed by atoms with van der Waals surface area (Å²) in [6.07, 6.45) is 6.97. The highest BCUT2D eigenvalue weighted by atomic mass is 16.5. The van der Waals surface area contributed by atoms with Crippen LogP contribution in [0.4, 0.5) is 0 Å². The lowest BCUT2D eigenvalue weighted by molar-refractivity contribution is -0.129. The van der Waals surface area contributed by atoms with Gasteiger partial charge in [0.05, 0.1) is 12.1 Å². The van der Waals surface area contributed by atoms with Crippen LogP contribution in [0.1, 0.15) is 54.4 Å². The lowest BCUT2D eigenvalue weighted by Crippen LogP contribution is -2.58. The molecule has 30 heavy (non-hydrogen) atoms. The van der Waals surface area contributed by atoms with E-state index in [1.807, 2.05) is 36.1 Å². The van der Waals surface area contributed by atoms with Crippen molar-refractivity contribution in [1.29, 1.82) is 0 Å². The number of rotatable bonds is 6. The first-order chi connectivity index (χ1) is 14.6. The molecule has 164 valence electrons. The lowest BCUT2D eigenvalue weighted by atomic mass is 9.94. The third kappa shape index (κ3) is 5.03. The van der Waals surface area contributed by atoms with Crippen LogP contribution in [0.2, 0.25) is 0 Å². The molecule has 1 saturated carbocycles. The topological polar surface area (TPSA) is 61.9 Å². The number of hydrogen-bond donors (Lipinski definition) is 1. The number of hydrogen-bond acceptors (Lipinski definition) is 4. The Morgan fingerprint density at radius 2 is 1.87 bits per heavy atom. The molecule has 6 nitrogen and oxygen atoms in total. The van der Waals surface area contributed by atoms with Gasteiger partial charge in [-0.25, -0.2) is 0 Å². The molecule has 3 fully saturated rings. The first kappa shape index (κ1) is 21.3. The minimum absolute atomic E-state index is 0.0786. The molecule has 0 spiro atoms. The van der Waals surface area contributed by atoms with Crippen molar-refractivity contribution in [3.8, 4) is 0 Å². The van der Waals surface area contributed by atoms with Crippen LogP contribution in [0, 0.1) is 12.8 Å². The van der Waals surface area contributed by atoms with E-state index in [1.165, 1.54) is 12.8 Å². The number of carbonyl (C=O) groups excluding carboxylic acids is 2. The van der Waals surface area contributed by atoms with Crippen LogP contribution in [-0.4, -0.2) is 73.1 Å². The Kier molecular flexibility index (Phi) is 7.05. The number of nitrogens with zero attached hydrogens (tertiary/aromatic N) is 2. The molecule has 4 rings (SSSR count). The van der Waals surface area contributed by atoms with E-state index in [-0.39, 0.29) is 24.0 Å². The van der Waals surface area contributed by atoms with Gasteiger partial charge in [0.1, 0.15) is 0 Å². The molecule has 1 aromatic rings. The van der Waals surface area contributed by atoms with Crippen molar-refractivity contribution in [3.05, 3.63) is 35.4 Å². The number of piperazine rings is 1. The van der Waals surface area contributed by atoms with Gasteiger partial charge >= 0.3 is 0 Å². The molecular weight excluding hydrogens is 378 g/mol. The number of carbonyl (C=O) groups is 2. The fraction of sp³-hybridized carbons (Fsp3) is 0.667. The maximum atomic E-state index is 13.2. The maximum Gasteiger partial charge on any atom is 0.253 e. The Morgan fingerprint density at radius 1 is 1.10 bits per heavy atom. The molecular formula is C24H35N3O3. The fourth-order valence-electron chi connectivity index (χ4n) is 5.24. The smallest absolute Gasteiger partial charge is 0.253 e. The third-order valence-corrected chi connectivity index (χ3v) is 6.90. The first-order valence-electron chi connectivity index (χ1n) is 11.6. The molecule has 0 unspecified atom stereocenters. The van der Waals surface area contributed by atoms with Gasteiger partial charge in [-0.2, -0.15) is 0 Å². The summed E-state index contributed by atoms with van der Waals surface area (Å²) in [5.74, 6) is 0.669. The van der Waals surface area contributed by atoms with Gasteiger partial charge in [-0.1, -0.05) is 30.5 Å². The predicted molar refractivity (Wildman–Crippen MR) is 116 cm³/mol. The minimum atomic E-state index is -0.0786. The molecule has 3 aliphatic rings.